The predicted octanol–water partition coefficient (Wildman–Crippen LogP) is 4.56. The molecular formula is C24H24BrNO5. The van der Waals surface area contributed by atoms with Crippen molar-refractivity contribution in [2.75, 3.05) is 20.8 Å². The topological polar surface area (TPSA) is 61.1 Å². The van der Waals surface area contributed by atoms with Gasteiger partial charge in [0.05, 0.1) is 20.8 Å². The molecule has 0 amide bonds. The number of benzene rings is 2. The number of ether oxygens (including phenoxy) is 3. The van der Waals surface area contributed by atoms with Crippen molar-refractivity contribution in [2.45, 2.75) is 26.1 Å². The summed E-state index contributed by atoms with van der Waals surface area (Å²) in [6, 6.07) is 13.3. The molecule has 7 heteroatoms. The Morgan fingerprint density at radius 2 is 1.71 bits per heavy atom. The van der Waals surface area contributed by atoms with Gasteiger partial charge in [0.15, 0.2) is 11.5 Å². The van der Waals surface area contributed by atoms with Crippen LogP contribution in [-0.4, -0.2) is 25.7 Å². The van der Waals surface area contributed by atoms with E-state index in [0.717, 1.165) is 41.0 Å². The predicted molar refractivity (Wildman–Crippen MR) is 121 cm³/mol. The molecule has 6 nitrogen and oxygen atoms in total. The normalized spacial score (nSPS) is 13.5. The lowest BCUT2D eigenvalue weighted by molar-refractivity contribution is 0.219. The standard InChI is InChI=1S/C24H24BrNO5/c1-28-22-9-17-7-8-26(12-18(17)10-23(22)29-2)13-20-11-21(27)24(15-30-20)31-14-16-3-5-19(25)6-4-16/h3-6,9-11,15H,7-8,12-14H2,1-2H3. The quantitative estimate of drug-likeness (QED) is 0.488. The van der Waals surface area contributed by atoms with Crippen LogP contribution in [-0.2, 0) is 26.1 Å². The van der Waals surface area contributed by atoms with Crippen molar-refractivity contribution in [3.05, 3.63) is 85.9 Å². The summed E-state index contributed by atoms with van der Waals surface area (Å²) in [4.78, 5) is 14.7. The summed E-state index contributed by atoms with van der Waals surface area (Å²) < 4.78 is 23.2. The van der Waals surface area contributed by atoms with Crippen LogP contribution in [0.2, 0.25) is 0 Å². The van der Waals surface area contributed by atoms with E-state index < -0.39 is 0 Å². The molecule has 0 saturated carbocycles. The molecule has 0 radical (unpaired) electrons. The van der Waals surface area contributed by atoms with Crippen LogP contribution in [0, 0.1) is 0 Å². The van der Waals surface area contributed by atoms with Crippen molar-refractivity contribution >= 4 is 15.9 Å². The lowest BCUT2D eigenvalue weighted by atomic mass is 9.98. The van der Waals surface area contributed by atoms with Crippen LogP contribution in [0.1, 0.15) is 22.5 Å². The molecule has 1 aliphatic heterocycles. The Bertz CT molecular complexity index is 1110. The second kappa shape index (κ2) is 9.58. The SMILES string of the molecule is COc1cc2c(cc1OC)CN(Cc1cc(=O)c(OCc3ccc(Br)cc3)co1)CC2. The van der Waals surface area contributed by atoms with E-state index >= 15 is 0 Å². The lowest BCUT2D eigenvalue weighted by Gasteiger charge is -2.29. The molecule has 0 unspecified atom stereocenters. The zero-order chi connectivity index (χ0) is 21.8. The third-order valence-electron chi connectivity index (χ3n) is 5.34. The van der Waals surface area contributed by atoms with Gasteiger partial charge in [-0.25, -0.2) is 0 Å². The molecule has 2 aromatic carbocycles. The van der Waals surface area contributed by atoms with Crippen molar-refractivity contribution < 1.29 is 18.6 Å². The van der Waals surface area contributed by atoms with Crippen LogP contribution in [0.5, 0.6) is 17.2 Å². The van der Waals surface area contributed by atoms with E-state index in [2.05, 4.69) is 20.8 Å². The molecule has 1 aliphatic rings. The molecule has 0 bridgehead atoms. The minimum absolute atomic E-state index is 0.179. The highest BCUT2D eigenvalue weighted by Crippen LogP contribution is 2.33. The molecule has 0 fully saturated rings. The fourth-order valence-electron chi connectivity index (χ4n) is 3.67. The fraction of sp³-hybridized carbons (Fsp3) is 0.292. The van der Waals surface area contributed by atoms with Crippen molar-refractivity contribution in [1.29, 1.82) is 0 Å². The third-order valence-corrected chi connectivity index (χ3v) is 5.87. The number of hydrogen-bond acceptors (Lipinski definition) is 6. The Kier molecular flexibility index (Phi) is 6.63. The smallest absolute Gasteiger partial charge is 0.227 e. The minimum atomic E-state index is -0.179. The van der Waals surface area contributed by atoms with Gasteiger partial charge < -0.3 is 18.6 Å². The Morgan fingerprint density at radius 3 is 2.39 bits per heavy atom. The zero-order valence-corrected chi connectivity index (χ0v) is 19.1. The molecule has 0 atom stereocenters. The monoisotopic (exact) mass is 485 g/mol. The van der Waals surface area contributed by atoms with Crippen molar-refractivity contribution in [3.8, 4) is 17.2 Å². The molecule has 31 heavy (non-hydrogen) atoms. The first-order valence-electron chi connectivity index (χ1n) is 10.0. The van der Waals surface area contributed by atoms with Gasteiger partial charge in [-0.1, -0.05) is 28.1 Å². The van der Waals surface area contributed by atoms with E-state index in [1.165, 1.54) is 23.5 Å². The molecule has 162 valence electrons. The van der Waals surface area contributed by atoms with E-state index in [1.807, 2.05) is 36.4 Å². The van der Waals surface area contributed by atoms with Gasteiger partial charge in [0.25, 0.3) is 0 Å². The molecule has 0 spiro atoms. The van der Waals surface area contributed by atoms with Gasteiger partial charge in [-0.15, -0.1) is 0 Å². The first kappa shape index (κ1) is 21.5. The van der Waals surface area contributed by atoms with E-state index in [4.69, 9.17) is 18.6 Å². The number of nitrogens with zero attached hydrogens (tertiary/aromatic N) is 1. The molecular weight excluding hydrogens is 462 g/mol. The summed E-state index contributed by atoms with van der Waals surface area (Å²) in [6.07, 6.45) is 2.30. The maximum absolute atomic E-state index is 12.5. The second-order valence-electron chi connectivity index (χ2n) is 7.43. The van der Waals surface area contributed by atoms with Gasteiger partial charge >= 0.3 is 0 Å². The van der Waals surface area contributed by atoms with Crippen molar-refractivity contribution in [3.63, 3.8) is 0 Å². The van der Waals surface area contributed by atoms with Gasteiger partial charge in [-0.2, -0.15) is 0 Å². The summed E-state index contributed by atoms with van der Waals surface area (Å²) in [5, 5.41) is 0. The summed E-state index contributed by atoms with van der Waals surface area (Å²) in [7, 11) is 3.29. The first-order valence-corrected chi connectivity index (χ1v) is 10.8. The summed E-state index contributed by atoms with van der Waals surface area (Å²) >= 11 is 3.40. The highest BCUT2D eigenvalue weighted by Gasteiger charge is 2.20. The summed E-state index contributed by atoms with van der Waals surface area (Å²) in [5.41, 5.74) is 3.25. The van der Waals surface area contributed by atoms with Crippen LogP contribution < -0.4 is 19.6 Å². The second-order valence-corrected chi connectivity index (χ2v) is 8.34. The molecule has 2 heterocycles. The average Bonchev–Trinajstić information content (AvgIpc) is 2.78. The Morgan fingerprint density at radius 1 is 1.00 bits per heavy atom. The van der Waals surface area contributed by atoms with Crippen molar-refractivity contribution in [2.24, 2.45) is 0 Å². The van der Waals surface area contributed by atoms with Gasteiger partial charge in [-0.05, 0) is 47.4 Å². The van der Waals surface area contributed by atoms with Crippen molar-refractivity contribution in [1.82, 2.24) is 4.90 Å². The zero-order valence-electron chi connectivity index (χ0n) is 17.5. The van der Waals surface area contributed by atoms with E-state index in [1.54, 1.807) is 14.2 Å². The molecule has 3 aromatic rings. The fourth-order valence-corrected chi connectivity index (χ4v) is 3.93. The Balaban J connectivity index is 1.40. The highest BCUT2D eigenvalue weighted by molar-refractivity contribution is 9.10. The van der Waals surface area contributed by atoms with Gasteiger partial charge in [0.2, 0.25) is 11.2 Å². The summed E-state index contributed by atoms with van der Waals surface area (Å²) in [5.74, 6) is 2.30. The van der Waals surface area contributed by atoms with E-state index in [-0.39, 0.29) is 11.2 Å². The largest absolute Gasteiger partial charge is 0.493 e. The van der Waals surface area contributed by atoms with Gasteiger partial charge in [0.1, 0.15) is 18.6 Å². The maximum Gasteiger partial charge on any atom is 0.227 e. The highest BCUT2D eigenvalue weighted by atomic mass is 79.9. The molecule has 0 saturated heterocycles. The lowest BCUT2D eigenvalue weighted by Crippen LogP contribution is -2.30. The van der Waals surface area contributed by atoms with Crippen LogP contribution in [0.4, 0.5) is 0 Å². The van der Waals surface area contributed by atoms with E-state index in [0.29, 0.717) is 18.9 Å². The van der Waals surface area contributed by atoms with Crippen LogP contribution in [0.3, 0.4) is 0 Å². The van der Waals surface area contributed by atoms with Crippen LogP contribution in [0.15, 0.2) is 62.4 Å². The van der Waals surface area contributed by atoms with Gasteiger partial charge in [-0.3, -0.25) is 9.69 Å². The number of fused-ring (bicyclic) bond motifs is 1. The number of halogens is 1. The van der Waals surface area contributed by atoms with Crippen LogP contribution >= 0.6 is 15.9 Å². The molecule has 4 rings (SSSR count). The summed E-state index contributed by atoms with van der Waals surface area (Å²) in [6.45, 7) is 2.48. The molecule has 0 aliphatic carbocycles. The Labute approximate surface area is 189 Å². The maximum atomic E-state index is 12.5. The van der Waals surface area contributed by atoms with Crippen LogP contribution in [0.25, 0.3) is 0 Å². The minimum Gasteiger partial charge on any atom is -0.493 e. The van der Waals surface area contributed by atoms with Gasteiger partial charge in [0, 0.05) is 23.6 Å². The molecule has 1 aromatic heterocycles. The molecule has 0 N–H and O–H groups in total. The number of rotatable bonds is 7. The number of methoxy groups -OCH3 is 2. The van der Waals surface area contributed by atoms with E-state index in [9.17, 15) is 4.79 Å². The first-order chi connectivity index (χ1) is 15.1. The Hall–Kier alpha value is -2.77. The number of hydrogen-bond donors (Lipinski definition) is 0. The third kappa shape index (κ3) is 5.11. The average molecular weight is 486 g/mol.